The molecule has 2 N–H and O–H groups in total. The molecular formula is C31H66O2. The zero-order chi connectivity index (χ0) is 24.8. The van der Waals surface area contributed by atoms with Crippen molar-refractivity contribution in [3.05, 3.63) is 0 Å². The Bertz CT molecular complexity index is 314. The fourth-order valence-electron chi connectivity index (χ4n) is 4.38. The lowest BCUT2D eigenvalue weighted by Crippen LogP contribution is -1.98. The van der Waals surface area contributed by atoms with Gasteiger partial charge in [0.2, 0.25) is 0 Å². The molecule has 0 amide bonds. The fraction of sp³-hybridized carbons (Fsp3) is 1.00. The van der Waals surface area contributed by atoms with Crippen molar-refractivity contribution >= 4 is 0 Å². The molecule has 0 saturated carbocycles. The highest BCUT2D eigenvalue weighted by Crippen LogP contribution is 2.13. The van der Waals surface area contributed by atoms with Crippen molar-refractivity contribution in [2.45, 2.75) is 200 Å². The first-order valence-electron chi connectivity index (χ1n) is 15.4. The van der Waals surface area contributed by atoms with Crippen LogP contribution in [-0.2, 0) is 0 Å². The third kappa shape index (κ3) is 39.4. The molecule has 0 aliphatic carbocycles. The summed E-state index contributed by atoms with van der Waals surface area (Å²) < 4.78 is 0. The monoisotopic (exact) mass is 471 g/mol. The molecule has 0 saturated heterocycles. The molecule has 0 aliphatic heterocycles. The molecule has 0 aliphatic rings. The van der Waals surface area contributed by atoms with Gasteiger partial charge >= 0.3 is 0 Å². The maximum Gasteiger partial charge on any atom is 0.0512 e. The van der Waals surface area contributed by atoms with Gasteiger partial charge in [-0.25, -0.2) is 0 Å². The lowest BCUT2D eigenvalue weighted by Gasteiger charge is -2.04. The van der Waals surface area contributed by atoms with Crippen LogP contribution in [-0.4, -0.2) is 22.4 Å². The van der Waals surface area contributed by atoms with Crippen LogP contribution in [0.1, 0.15) is 188 Å². The van der Waals surface area contributed by atoms with Crippen LogP contribution >= 0.6 is 0 Å². The van der Waals surface area contributed by atoms with Crippen LogP contribution in [0, 0.1) is 0 Å². The molecule has 0 aromatic rings. The van der Waals surface area contributed by atoms with Gasteiger partial charge in [-0.1, -0.05) is 162 Å². The Balaban J connectivity index is 0. The van der Waals surface area contributed by atoms with E-state index in [1.807, 2.05) is 13.8 Å². The van der Waals surface area contributed by atoms with Gasteiger partial charge in [-0.2, -0.15) is 0 Å². The Morgan fingerprint density at radius 1 is 0.333 bits per heavy atom. The average molecular weight is 471 g/mol. The summed E-state index contributed by atoms with van der Waals surface area (Å²) in [5, 5.41) is 18.2. The summed E-state index contributed by atoms with van der Waals surface area (Å²) >= 11 is 0. The SMILES string of the molecule is CCCCCCCCCCCCCC(C)O.CCCCCCCCCCCCCCC(C)O. The molecule has 0 radical (unpaired) electrons. The molecule has 2 heteroatoms. The van der Waals surface area contributed by atoms with Crippen LogP contribution in [0.25, 0.3) is 0 Å². The maximum absolute atomic E-state index is 9.11. The van der Waals surface area contributed by atoms with Crippen LogP contribution in [0.3, 0.4) is 0 Å². The predicted molar refractivity (Wildman–Crippen MR) is 150 cm³/mol. The summed E-state index contributed by atoms with van der Waals surface area (Å²) in [5.74, 6) is 0. The van der Waals surface area contributed by atoms with Crippen LogP contribution in [0.2, 0.25) is 0 Å². The van der Waals surface area contributed by atoms with Gasteiger partial charge in [0.1, 0.15) is 0 Å². The molecule has 0 aromatic carbocycles. The molecule has 2 unspecified atom stereocenters. The summed E-state index contributed by atoms with van der Waals surface area (Å²) in [5.41, 5.74) is 0. The van der Waals surface area contributed by atoms with Crippen LogP contribution in [0.4, 0.5) is 0 Å². The van der Waals surface area contributed by atoms with E-state index < -0.39 is 0 Å². The lowest BCUT2D eigenvalue weighted by atomic mass is 10.0. The zero-order valence-electron chi connectivity index (χ0n) is 23.7. The van der Waals surface area contributed by atoms with Crippen molar-refractivity contribution < 1.29 is 10.2 Å². The quantitative estimate of drug-likeness (QED) is 0.130. The smallest absolute Gasteiger partial charge is 0.0512 e. The van der Waals surface area contributed by atoms with Crippen molar-refractivity contribution in [2.75, 3.05) is 0 Å². The minimum atomic E-state index is -0.0990. The summed E-state index contributed by atoms with van der Waals surface area (Å²) in [7, 11) is 0. The van der Waals surface area contributed by atoms with Gasteiger partial charge in [-0.3, -0.25) is 0 Å². The molecule has 0 heterocycles. The minimum Gasteiger partial charge on any atom is -0.393 e. The zero-order valence-corrected chi connectivity index (χ0v) is 23.7. The highest BCUT2D eigenvalue weighted by molar-refractivity contribution is 4.52. The first kappa shape index (κ1) is 35.1. The Morgan fingerprint density at radius 3 is 0.697 bits per heavy atom. The van der Waals surface area contributed by atoms with Crippen molar-refractivity contribution in [3.8, 4) is 0 Å². The second kappa shape index (κ2) is 31.9. The first-order valence-corrected chi connectivity index (χ1v) is 15.4. The van der Waals surface area contributed by atoms with E-state index in [1.165, 1.54) is 148 Å². The summed E-state index contributed by atoms with van der Waals surface area (Å²) in [6.45, 7) is 8.32. The Labute approximate surface area is 210 Å². The number of aliphatic hydroxyl groups is 2. The largest absolute Gasteiger partial charge is 0.393 e. The summed E-state index contributed by atoms with van der Waals surface area (Å²) in [4.78, 5) is 0. The highest BCUT2D eigenvalue weighted by Gasteiger charge is 1.97. The average Bonchev–Trinajstić information content (AvgIpc) is 2.78. The predicted octanol–water partition coefficient (Wildman–Crippen LogP) is 10.5. The second-order valence-electron chi connectivity index (χ2n) is 10.7. The lowest BCUT2D eigenvalue weighted by molar-refractivity contribution is 0.180. The molecule has 2 nitrogen and oxygen atoms in total. The first-order chi connectivity index (χ1) is 16.0. The van der Waals surface area contributed by atoms with Gasteiger partial charge in [-0.15, -0.1) is 0 Å². The van der Waals surface area contributed by atoms with Gasteiger partial charge in [0.05, 0.1) is 12.2 Å². The van der Waals surface area contributed by atoms with E-state index in [9.17, 15) is 0 Å². The Kier molecular flexibility index (Phi) is 33.9. The Hall–Kier alpha value is -0.0800. The van der Waals surface area contributed by atoms with Crippen molar-refractivity contribution in [1.29, 1.82) is 0 Å². The van der Waals surface area contributed by atoms with E-state index in [1.54, 1.807) is 0 Å². The van der Waals surface area contributed by atoms with E-state index in [-0.39, 0.29) is 12.2 Å². The van der Waals surface area contributed by atoms with Crippen LogP contribution in [0.15, 0.2) is 0 Å². The van der Waals surface area contributed by atoms with Gasteiger partial charge in [-0.05, 0) is 26.7 Å². The van der Waals surface area contributed by atoms with E-state index in [2.05, 4.69) is 13.8 Å². The molecule has 2 atom stereocenters. The molecular weight excluding hydrogens is 404 g/mol. The molecule has 0 spiro atoms. The van der Waals surface area contributed by atoms with E-state index >= 15 is 0 Å². The third-order valence-electron chi connectivity index (χ3n) is 6.70. The third-order valence-corrected chi connectivity index (χ3v) is 6.70. The van der Waals surface area contributed by atoms with Gasteiger partial charge in [0.15, 0.2) is 0 Å². The molecule has 202 valence electrons. The van der Waals surface area contributed by atoms with Crippen molar-refractivity contribution in [1.82, 2.24) is 0 Å². The minimum absolute atomic E-state index is 0.0986. The van der Waals surface area contributed by atoms with Gasteiger partial charge < -0.3 is 10.2 Å². The normalized spacial score (nSPS) is 12.9. The van der Waals surface area contributed by atoms with Crippen molar-refractivity contribution in [3.63, 3.8) is 0 Å². The number of unbranched alkanes of at least 4 members (excludes halogenated alkanes) is 21. The van der Waals surface area contributed by atoms with Gasteiger partial charge in [0.25, 0.3) is 0 Å². The van der Waals surface area contributed by atoms with Crippen LogP contribution < -0.4 is 0 Å². The molecule has 0 rings (SSSR count). The van der Waals surface area contributed by atoms with Gasteiger partial charge in [0, 0.05) is 0 Å². The Morgan fingerprint density at radius 2 is 0.515 bits per heavy atom. The number of aliphatic hydroxyl groups excluding tert-OH is 2. The molecule has 0 aromatic heterocycles. The maximum atomic E-state index is 9.11. The van der Waals surface area contributed by atoms with E-state index in [4.69, 9.17) is 10.2 Å². The molecule has 33 heavy (non-hydrogen) atoms. The summed E-state index contributed by atoms with van der Waals surface area (Å²) in [6, 6.07) is 0. The van der Waals surface area contributed by atoms with E-state index in [0.29, 0.717) is 0 Å². The summed E-state index contributed by atoms with van der Waals surface area (Å²) in [6.07, 6.45) is 33.6. The van der Waals surface area contributed by atoms with Crippen molar-refractivity contribution in [2.24, 2.45) is 0 Å². The molecule has 0 bridgehead atoms. The number of hydrogen-bond donors (Lipinski definition) is 2. The van der Waals surface area contributed by atoms with Crippen LogP contribution in [0.5, 0.6) is 0 Å². The fourth-order valence-corrected chi connectivity index (χ4v) is 4.38. The topological polar surface area (TPSA) is 40.5 Å². The number of rotatable bonds is 25. The number of hydrogen-bond acceptors (Lipinski definition) is 2. The second-order valence-corrected chi connectivity index (χ2v) is 10.7. The standard InChI is InChI=1S/C16H34O.C15H32O/c1-3-4-5-6-7-8-9-10-11-12-13-14-15-16(2)17;1-3-4-5-6-7-8-9-10-11-12-13-14-15(2)16/h16-17H,3-15H2,1-2H3;15-16H,3-14H2,1-2H3. The molecule has 0 fully saturated rings. The van der Waals surface area contributed by atoms with E-state index in [0.717, 1.165) is 12.8 Å². The highest BCUT2D eigenvalue weighted by atomic mass is 16.3.